The minimum atomic E-state index is 0.302. The van der Waals surface area contributed by atoms with Crippen LogP contribution in [0.1, 0.15) is 32.6 Å². The van der Waals surface area contributed by atoms with E-state index in [9.17, 15) is 4.79 Å². The molecule has 0 aromatic carbocycles. The SMILES string of the molecule is CCC1CC=CC(=O)CC1. The van der Waals surface area contributed by atoms with E-state index in [2.05, 4.69) is 6.92 Å². The second-order valence-corrected chi connectivity index (χ2v) is 2.92. The summed E-state index contributed by atoms with van der Waals surface area (Å²) in [7, 11) is 0. The fraction of sp³-hybridized carbons (Fsp3) is 0.667. The first-order chi connectivity index (χ1) is 4.83. The summed E-state index contributed by atoms with van der Waals surface area (Å²) in [5.41, 5.74) is 0. The molecule has 1 aliphatic carbocycles. The van der Waals surface area contributed by atoms with Gasteiger partial charge in [-0.3, -0.25) is 4.79 Å². The smallest absolute Gasteiger partial charge is 0.155 e. The van der Waals surface area contributed by atoms with Crippen LogP contribution in [0.3, 0.4) is 0 Å². The topological polar surface area (TPSA) is 17.1 Å². The molecule has 0 saturated heterocycles. The lowest BCUT2D eigenvalue weighted by Crippen LogP contribution is -1.97. The molecule has 10 heavy (non-hydrogen) atoms. The molecule has 1 heteroatoms. The van der Waals surface area contributed by atoms with Crippen molar-refractivity contribution in [3.63, 3.8) is 0 Å². The highest BCUT2D eigenvalue weighted by Crippen LogP contribution is 2.18. The molecule has 0 saturated carbocycles. The predicted molar refractivity (Wildman–Crippen MR) is 41.8 cm³/mol. The van der Waals surface area contributed by atoms with E-state index in [1.165, 1.54) is 6.42 Å². The summed E-state index contributed by atoms with van der Waals surface area (Å²) < 4.78 is 0. The van der Waals surface area contributed by atoms with Gasteiger partial charge in [-0.05, 0) is 24.8 Å². The summed E-state index contributed by atoms with van der Waals surface area (Å²) >= 11 is 0. The number of rotatable bonds is 1. The Kier molecular flexibility index (Phi) is 2.67. The molecular formula is C9H14O. The quantitative estimate of drug-likeness (QED) is 0.543. The Morgan fingerprint density at radius 2 is 2.50 bits per heavy atom. The van der Waals surface area contributed by atoms with Crippen LogP contribution in [0.5, 0.6) is 0 Å². The van der Waals surface area contributed by atoms with Gasteiger partial charge in [-0.1, -0.05) is 19.4 Å². The van der Waals surface area contributed by atoms with Gasteiger partial charge in [0.1, 0.15) is 0 Å². The molecule has 0 heterocycles. The van der Waals surface area contributed by atoms with Crippen molar-refractivity contribution in [3.8, 4) is 0 Å². The number of hydrogen-bond donors (Lipinski definition) is 0. The molecule has 1 atom stereocenters. The standard InChI is InChI=1S/C9H14O/c1-2-8-4-3-5-9(10)7-6-8/h3,5,8H,2,4,6-7H2,1H3. The Morgan fingerprint density at radius 1 is 1.70 bits per heavy atom. The zero-order valence-corrected chi connectivity index (χ0v) is 6.47. The molecule has 0 aromatic heterocycles. The van der Waals surface area contributed by atoms with Crippen LogP contribution in [-0.4, -0.2) is 5.78 Å². The van der Waals surface area contributed by atoms with Gasteiger partial charge in [0.15, 0.2) is 5.78 Å². The zero-order chi connectivity index (χ0) is 7.40. The first-order valence-electron chi connectivity index (χ1n) is 4.02. The predicted octanol–water partition coefficient (Wildman–Crippen LogP) is 2.32. The number of hydrogen-bond acceptors (Lipinski definition) is 1. The van der Waals surface area contributed by atoms with E-state index in [0.29, 0.717) is 5.78 Å². The monoisotopic (exact) mass is 138 g/mol. The number of allylic oxidation sites excluding steroid dienone is 2. The summed E-state index contributed by atoms with van der Waals surface area (Å²) in [6.45, 7) is 2.19. The average Bonchev–Trinajstić information content (AvgIpc) is 2.14. The molecule has 0 N–H and O–H groups in total. The largest absolute Gasteiger partial charge is 0.295 e. The average molecular weight is 138 g/mol. The van der Waals surface area contributed by atoms with Crippen LogP contribution < -0.4 is 0 Å². The van der Waals surface area contributed by atoms with Crippen molar-refractivity contribution in [3.05, 3.63) is 12.2 Å². The molecule has 0 aliphatic heterocycles. The maximum absolute atomic E-state index is 10.9. The van der Waals surface area contributed by atoms with E-state index in [-0.39, 0.29) is 0 Å². The number of ketones is 1. The molecule has 0 spiro atoms. The van der Waals surface area contributed by atoms with Gasteiger partial charge in [0.25, 0.3) is 0 Å². The normalized spacial score (nSPS) is 26.5. The summed E-state index contributed by atoms with van der Waals surface area (Å²) in [5, 5.41) is 0. The number of carbonyl (C=O) groups excluding carboxylic acids is 1. The Labute approximate surface area is 62.1 Å². The van der Waals surface area contributed by atoms with Crippen molar-refractivity contribution in [2.24, 2.45) is 5.92 Å². The van der Waals surface area contributed by atoms with Gasteiger partial charge in [-0.25, -0.2) is 0 Å². The van der Waals surface area contributed by atoms with Gasteiger partial charge in [0.05, 0.1) is 0 Å². The lowest BCUT2D eigenvalue weighted by Gasteiger charge is -2.07. The number of carbonyl (C=O) groups is 1. The Bertz CT molecular complexity index is 147. The van der Waals surface area contributed by atoms with E-state index in [4.69, 9.17) is 0 Å². The fourth-order valence-corrected chi connectivity index (χ4v) is 1.31. The van der Waals surface area contributed by atoms with Crippen molar-refractivity contribution < 1.29 is 4.79 Å². The van der Waals surface area contributed by atoms with Crippen molar-refractivity contribution in [2.75, 3.05) is 0 Å². The van der Waals surface area contributed by atoms with Gasteiger partial charge in [-0.2, -0.15) is 0 Å². The van der Waals surface area contributed by atoms with Gasteiger partial charge in [-0.15, -0.1) is 0 Å². The van der Waals surface area contributed by atoms with Crippen LogP contribution in [0.2, 0.25) is 0 Å². The lowest BCUT2D eigenvalue weighted by molar-refractivity contribution is -0.114. The molecule has 1 aliphatic rings. The molecule has 1 unspecified atom stereocenters. The van der Waals surface area contributed by atoms with E-state index in [0.717, 1.165) is 25.2 Å². The fourth-order valence-electron chi connectivity index (χ4n) is 1.31. The van der Waals surface area contributed by atoms with Crippen LogP contribution >= 0.6 is 0 Å². The minimum absolute atomic E-state index is 0.302. The van der Waals surface area contributed by atoms with Crippen molar-refractivity contribution >= 4 is 5.78 Å². The van der Waals surface area contributed by atoms with Crippen molar-refractivity contribution in [2.45, 2.75) is 32.6 Å². The molecular weight excluding hydrogens is 124 g/mol. The highest BCUT2D eigenvalue weighted by Gasteiger charge is 2.09. The van der Waals surface area contributed by atoms with Gasteiger partial charge >= 0.3 is 0 Å². The molecule has 0 amide bonds. The van der Waals surface area contributed by atoms with Crippen molar-refractivity contribution in [1.82, 2.24) is 0 Å². The third kappa shape index (κ3) is 1.98. The molecule has 1 nitrogen and oxygen atoms in total. The van der Waals surface area contributed by atoms with Crippen LogP contribution in [-0.2, 0) is 4.79 Å². The van der Waals surface area contributed by atoms with E-state index < -0.39 is 0 Å². The molecule has 0 aromatic rings. The highest BCUT2D eigenvalue weighted by molar-refractivity contribution is 5.89. The summed E-state index contributed by atoms with van der Waals surface area (Å²) in [4.78, 5) is 10.9. The first-order valence-corrected chi connectivity index (χ1v) is 4.02. The second kappa shape index (κ2) is 3.55. The molecule has 56 valence electrons. The van der Waals surface area contributed by atoms with Crippen LogP contribution in [0.15, 0.2) is 12.2 Å². The summed E-state index contributed by atoms with van der Waals surface area (Å²) in [6.07, 6.45) is 7.90. The van der Waals surface area contributed by atoms with Crippen LogP contribution in [0.4, 0.5) is 0 Å². The molecule has 1 rings (SSSR count). The maximum Gasteiger partial charge on any atom is 0.155 e. The maximum atomic E-state index is 10.9. The van der Waals surface area contributed by atoms with E-state index >= 15 is 0 Å². The van der Waals surface area contributed by atoms with E-state index in [1.807, 2.05) is 6.08 Å². The molecule has 0 radical (unpaired) electrons. The summed E-state index contributed by atoms with van der Waals surface area (Å²) in [5.74, 6) is 1.05. The van der Waals surface area contributed by atoms with Crippen LogP contribution in [0.25, 0.3) is 0 Å². The third-order valence-corrected chi connectivity index (χ3v) is 2.15. The lowest BCUT2D eigenvalue weighted by atomic mass is 9.98. The second-order valence-electron chi connectivity index (χ2n) is 2.92. The summed E-state index contributed by atoms with van der Waals surface area (Å²) in [6, 6.07) is 0. The van der Waals surface area contributed by atoms with E-state index in [1.54, 1.807) is 6.08 Å². The Balaban J connectivity index is 2.44. The molecule has 0 fully saturated rings. The first kappa shape index (κ1) is 7.52. The Morgan fingerprint density at radius 3 is 3.20 bits per heavy atom. The van der Waals surface area contributed by atoms with Crippen LogP contribution in [0, 0.1) is 5.92 Å². The van der Waals surface area contributed by atoms with Gasteiger partial charge in [0, 0.05) is 6.42 Å². The Hall–Kier alpha value is -0.590. The zero-order valence-electron chi connectivity index (χ0n) is 6.47. The van der Waals surface area contributed by atoms with Gasteiger partial charge in [0.2, 0.25) is 0 Å². The highest BCUT2D eigenvalue weighted by atomic mass is 16.1. The third-order valence-electron chi connectivity index (χ3n) is 2.15. The minimum Gasteiger partial charge on any atom is -0.295 e. The van der Waals surface area contributed by atoms with Crippen molar-refractivity contribution in [1.29, 1.82) is 0 Å². The molecule has 0 bridgehead atoms. The van der Waals surface area contributed by atoms with Gasteiger partial charge < -0.3 is 0 Å².